The van der Waals surface area contributed by atoms with Crippen LogP contribution in [0.5, 0.6) is 0 Å². The number of hydrogen-bond acceptors (Lipinski definition) is 5. The zero-order valence-electron chi connectivity index (χ0n) is 11.8. The Morgan fingerprint density at radius 2 is 2.14 bits per heavy atom. The third-order valence-electron chi connectivity index (χ3n) is 3.07. The molecule has 0 saturated heterocycles. The Morgan fingerprint density at radius 1 is 1.32 bits per heavy atom. The van der Waals surface area contributed by atoms with Crippen LogP contribution in [0.3, 0.4) is 0 Å². The first-order valence-electron chi connectivity index (χ1n) is 6.60. The average molecular weight is 315 g/mol. The Kier molecular flexibility index (Phi) is 4.02. The van der Waals surface area contributed by atoms with E-state index in [1.165, 1.54) is 12.3 Å². The van der Waals surface area contributed by atoms with E-state index in [1.54, 1.807) is 11.8 Å². The van der Waals surface area contributed by atoms with Crippen molar-refractivity contribution in [3.05, 3.63) is 59.7 Å². The maximum atomic E-state index is 11.3. The van der Waals surface area contributed by atoms with Crippen molar-refractivity contribution in [1.82, 2.24) is 5.16 Å². The Balaban J connectivity index is 1.89. The third-order valence-corrected chi connectivity index (χ3v) is 4.17. The van der Waals surface area contributed by atoms with Gasteiger partial charge in [-0.3, -0.25) is 0 Å². The maximum absolute atomic E-state index is 11.3. The van der Waals surface area contributed by atoms with E-state index in [2.05, 4.69) is 5.16 Å². The molecule has 0 radical (unpaired) electrons. The highest BCUT2D eigenvalue weighted by Gasteiger charge is 2.18. The average Bonchev–Trinajstić information content (AvgIpc) is 3.14. The molecule has 0 aliphatic heterocycles. The maximum Gasteiger partial charge on any atom is 0.339 e. The van der Waals surface area contributed by atoms with Crippen molar-refractivity contribution in [2.24, 2.45) is 0 Å². The van der Waals surface area contributed by atoms with Crippen molar-refractivity contribution in [2.45, 2.75) is 17.6 Å². The molecular weight excluding hydrogens is 302 g/mol. The van der Waals surface area contributed by atoms with Crippen molar-refractivity contribution in [2.75, 3.05) is 0 Å². The summed E-state index contributed by atoms with van der Waals surface area (Å²) in [5.41, 5.74) is 1.75. The minimum absolute atomic E-state index is 0.156. The van der Waals surface area contributed by atoms with Crippen LogP contribution in [-0.4, -0.2) is 16.2 Å². The third kappa shape index (κ3) is 2.92. The standard InChI is InChI=1S/C16H13NO4S/c1-10-8-11(21-17-10)9-22-14-5-3-2-4-12(14)15-13(16(18)19)6-7-20-15/h2-8H,9H2,1H3,(H,18,19). The molecule has 0 aliphatic rings. The van der Waals surface area contributed by atoms with Gasteiger partial charge in [-0.15, -0.1) is 11.8 Å². The lowest BCUT2D eigenvalue weighted by molar-refractivity contribution is 0.0697. The van der Waals surface area contributed by atoms with Gasteiger partial charge in [0.1, 0.15) is 17.1 Å². The molecule has 5 nitrogen and oxygen atoms in total. The predicted molar refractivity (Wildman–Crippen MR) is 81.9 cm³/mol. The highest BCUT2D eigenvalue weighted by Crippen LogP contribution is 2.35. The minimum Gasteiger partial charge on any atom is -0.478 e. The fourth-order valence-corrected chi connectivity index (χ4v) is 3.02. The van der Waals surface area contributed by atoms with Crippen molar-refractivity contribution < 1.29 is 18.8 Å². The van der Waals surface area contributed by atoms with E-state index in [4.69, 9.17) is 8.94 Å². The second-order valence-corrected chi connectivity index (χ2v) is 5.71. The zero-order chi connectivity index (χ0) is 15.5. The van der Waals surface area contributed by atoms with E-state index in [-0.39, 0.29) is 5.56 Å². The van der Waals surface area contributed by atoms with Gasteiger partial charge >= 0.3 is 5.97 Å². The lowest BCUT2D eigenvalue weighted by Crippen LogP contribution is -1.96. The van der Waals surface area contributed by atoms with Gasteiger partial charge in [0, 0.05) is 16.5 Å². The molecule has 1 aromatic carbocycles. The first-order valence-corrected chi connectivity index (χ1v) is 7.59. The molecule has 22 heavy (non-hydrogen) atoms. The molecule has 0 unspecified atom stereocenters. The smallest absolute Gasteiger partial charge is 0.339 e. The molecule has 0 bridgehead atoms. The number of carboxylic acids is 1. The largest absolute Gasteiger partial charge is 0.478 e. The lowest BCUT2D eigenvalue weighted by Gasteiger charge is -2.07. The number of furan rings is 1. The number of aromatic carboxylic acids is 1. The van der Waals surface area contributed by atoms with E-state index >= 15 is 0 Å². The molecule has 2 aromatic heterocycles. The molecular formula is C16H13NO4S. The Morgan fingerprint density at radius 3 is 2.86 bits per heavy atom. The first-order chi connectivity index (χ1) is 10.6. The summed E-state index contributed by atoms with van der Waals surface area (Å²) in [5.74, 6) is 0.745. The van der Waals surface area contributed by atoms with Crippen LogP contribution in [0.1, 0.15) is 21.8 Å². The van der Waals surface area contributed by atoms with Gasteiger partial charge in [0.2, 0.25) is 0 Å². The summed E-state index contributed by atoms with van der Waals surface area (Å²) in [6, 6.07) is 10.9. The Bertz CT molecular complexity index is 806. The molecule has 0 saturated carbocycles. The lowest BCUT2D eigenvalue weighted by atomic mass is 10.1. The van der Waals surface area contributed by atoms with Crippen molar-refractivity contribution >= 4 is 17.7 Å². The first kappa shape index (κ1) is 14.5. The van der Waals surface area contributed by atoms with Crippen LogP contribution < -0.4 is 0 Å². The SMILES string of the molecule is Cc1cc(CSc2ccccc2-c2occc2C(=O)O)on1. The molecule has 6 heteroatoms. The molecule has 3 aromatic rings. The highest BCUT2D eigenvalue weighted by molar-refractivity contribution is 7.98. The van der Waals surface area contributed by atoms with Gasteiger partial charge in [-0.1, -0.05) is 23.4 Å². The zero-order valence-corrected chi connectivity index (χ0v) is 12.6. The fourth-order valence-electron chi connectivity index (χ4n) is 2.10. The van der Waals surface area contributed by atoms with Gasteiger partial charge in [0.15, 0.2) is 0 Å². The van der Waals surface area contributed by atoms with Gasteiger partial charge < -0.3 is 14.0 Å². The summed E-state index contributed by atoms with van der Waals surface area (Å²) in [7, 11) is 0. The van der Waals surface area contributed by atoms with E-state index in [1.807, 2.05) is 37.3 Å². The van der Waals surface area contributed by atoms with Crippen LogP contribution in [0.15, 0.2) is 56.5 Å². The molecule has 2 heterocycles. The fraction of sp³-hybridized carbons (Fsp3) is 0.125. The van der Waals surface area contributed by atoms with Gasteiger partial charge in [0.05, 0.1) is 17.7 Å². The number of nitrogens with zero attached hydrogens (tertiary/aromatic N) is 1. The molecule has 112 valence electrons. The normalized spacial score (nSPS) is 10.8. The quantitative estimate of drug-likeness (QED) is 0.710. The number of thioether (sulfide) groups is 1. The summed E-state index contributed by atoms with van der Waals surface area (Å²) in [5, 5.41) is 13.1. The minimum atomic E-state index is -1.01. The number of benzene rings is 1. The summed E-state index contributed by atoms with van der Waals surface area (Å²) < 4.78 is 10.6. The number of carbonyl (C=O) groups is 1. The van der Waals surface area contributed by atoms with Crippen molar-refractivity contribution in [3.63, 3.8) is 0 Å². The predicted octanol–water partition coefficient (Wildman–Crippen LogP) is 4.23. The van der Waals surface area contributed by atoms with Gasteiger partial charge in [-0.05, 0) is 19.1 Å². The molecule has 1 N–H and O–H groups in total. The number of aryl methyl sites for hydroxylation is 1. The molecule has 0 fully saturated rings. The second-order valence-electron chi connectivity index (χ2n) is 4.69. The van der Waals surface area contributed by atoms with Crippen LogP contribution in [0.4, 0.5) is 0 Å². The van der Waals surface area contributed by atoms with Crippen LogP contribution in [-0.2, 0) is 5.75 Å². The van der Waals surface area contributed by atoms with Gasteiger partial charge in [-0.25, -0.2) is 4.79 Å². The number of hydrogen-bond donors (Lipinski definition) is 1. The van der Waals surface area contributed by atoms with E-state index in [0.717, 1.165) is 21.9 Å². The topological polar surface area (TPSA) is 76.5 Å². The van der Waals surface area contributed by atoms with Crippen LogP contribution in [0.2, 0.25) is 0 Å². The summed E-state index contributed by atoms with van der Waals surface area (Å²) in [4.78, 5) is 12.2. The second kappa shape index (κ2) is 6.11. The Labute approximate surface area is 130 Å². The summed E-state index contributed by atoms with van der Waals surface area (Å²) in [6.45, 7) is 1.87. The van der Waals surface area contributed by atoms with Crippen LogP contribution >= 0.6 is 11.8 Å². The number of carboxylic acid groups (broad SMARTS) is 1. The monoisotopic (exact) mass is 315 g/mol. The highest BCUT2D eigenvalue weighted by atomic mass is 32.2. The molecule has 3 rings (SSSR count). The van der Waals surface area contributed by atoms with Crippen LogP contribution in [0.25, 0.3) is 11.3 Å². The number of aromatic nitrogens is 1. The Hall–Kier alpha value is -2.47. The molecule has 0 spiro atoms. The van der Waals surface area contributed by atoms with Gasteiger partial charge in [0.25, 0.3) is 0 Å². The van der Waals surface area contributed by atoms with Gasteiger partial charge in [-0.2, -0.15) is 0 Å². The molecule has 0 amide bonds. The van der Waals surface area contributed by atoms with E-state index < -0.39 is 5.97 Å². The number of rotatable bonds is 5. The molecule has 0 aliphatic carbocycles. The molecule has 0 atom stereocenters. The van der Waals surface area contributed by atoms with Crippen molar-refractivity contribution in [1.29, 1.82) is 0 Å². The van der Waals surface area contributed by atoms with Crippen molar-refractivity contribution in [3.8, 4) is 11.3 Å². The van der Waals surface area contributed by atoms with E-state index in [0.29, 0.717) is 11.5 Å². The summed E-state index contributed by atoms with van der Waals surface area (Å²) in [6.07, 6.45) is 1.39. The van der Waals surface area contributed by atoms with Crippen LogP contribution in [0, 0.1) is 6.92 Å². The summed E-state index contributed by atoms with van der Waals surface area (Å²) >= 11 is 1.55. The van der Waals surface area contributed by atoms with E-state index in [9.17, 15) is 9.90 Å².